The second-order valence-corrected chi connectivity index (χ2v) is 7.99. The Balaban J connectivity index is 2.78. The van der Waals surface area contributed by atoms with E-state index in [4.69, 9.17) is 11.6 Å². The molecule has 25 heavy (non-hydrogen) atoms. The van der Waals surface area contributed by atoms with Crippen molar-refractivity contribution >= 4 is 33.5 Å². The third-order valence-electron chi connectivity index (χ3n) is 3.32. The quantitative estimate of drug-likeness (QED) is 0.614. The lowest BCUT2D eigenvalue weighted by atomic mass is 10.0. The molecule has 0 aromatic carbocycles. The number of aryl methyl sites for hydroxylation is 2. The van der Waals surface area contributed by atoms with Gasteiger partial charge in [0.2, 0.25) is 15.9 Å². The number of nitrogens with zero attached hydrogens (tertiary/aromatic N) is 2. The molecule has 1 atom stereocenters. The maximum atomic E-state index is 12.3. The van der Waals surface area contributed by atoms with Crippen LogP contribution in [0.15, 0.2) is 4.90 Å². The number of carbonyl (C=O) groups excluding carboxylic acids is 2. The van der Waals surface area contributed by atoms with Gasteiger partial charge < -0.3 is 10.1 Å². The summed E-state index contributed by atoms with van der Waals surface area (Å²) in [5, 5.41) is 6.33. The van der Waals surface area contributed by atoms with Crippen LogP contribution >= 0.6 is 11.6 Å². The molecule has 0 aliphatic carbocycles. The first-order chi connectivity index (χ1) is 11.5. The summed E-state index contributed by atoms with van der Waals surface area (Å²) < 4.78 is 32.7. The molecule has 11 heteroatoms. The lowest BCUT2D eigenvalue weighted by Gasteiger charge is -2.18. The highest BCUT2D eigenvalue weighted by molar-refractivity contribution is 7.89. The zero-order valence-electron chi connectivity index (χ0n) is 14.8. The van der Waals surface area contributed by atoms with Crippen LogP contribution in [-0.2, 0) is 31.4 Å². The monoisotopic (exact) mass is 394 g/mol. The summed E-state index contributed by atoms with van der Waals surface area (Å²) in [7, 11) is -1.29. The van der Waals surface area contributed by atoms with E-state index >= 15 is 0 Å². The first kappa shape index (κ1) is 21.4. The Labute approximate surface area is 152 Å². The molecule has 142 valence electrons. The van der Waals surface area contributed by atoms with Crippen molar-refractivity contribution in [2.75, 3.05) is 13.7 Å². The number of rotatable bonds is 8. The van der Waals surface area contributed by atoms with E-state index in [1.165, 1.54) is 25.8 Å². The Hall–Kier alpha value is -1.65. The van der Waals surface area contributed by atoms with E-state index < -0.39 is 34.5 Å². The molecule has 0 bridgehead atoms. The van der Waals surface area contributed by atoms with E-state index in [9.17, 15) is 18.0 Å². The summed E-state index contributed by atoms with van der Waals surface area (Å²) in [4.78, 5) is 23.5. The number of hydrogen-bond acceptors (Lipinski definition) is 6. The van der Waals surface area contributed by atoms with Crippen molar-refractivity contribution in [3.8, 4) is 0 Å². The molecule has 1 aromatic rings. The molecule has 1 aromatic heterocycles. The molecule has 1 rings (SSSR count). The fourth-order valence-electron chi connectivity index (χ4n) is 2.22. The predicted molar refractivity (Wildman–Crippen MR) is 91.5 cm³/mol. The van der Waals surface area contributed by atoms with Gasteiger partial charge in [-0.1, -0.05) is 25.4 Å². The highest BCUT2D eigenvalue weighted by atomic mass is 35.5. The number of methoxy groups -OCH3 is 1. The highest BCUT2D eigenvalue weighted by Gasteiger charge is 2.27. The SMILES string of the molecule is COC(=O)[C@H](CC(C)C)NC(=O)CNS(=O)(=O)c1c(C)nn(C)c1Cl. The number of nitrogens with one attached hydrogen (secondary N) is 2. The molecule has 0 aliphatic heterocycles. The number of hydrogen-bond donors (Lipinski definition) is 2. The Morgan fingerprint density at radius 3 is 2.40 bits per heavy atom. The predicted octanol–water partition coefficient (Wildman–Crippen LogP) is 0.364. The lowest BCUT2D eigenvalue weighted by molar-refractivity contribution is -0.145. The van der Waals surface area contributed by atoms with E-state index in [-0.39, 0.29) is 21.7 Å². The van der Waals surface area contributed by atoms with Gasteiger partial charge in [-0.05, 0) is 19.3 Å². The first-order valence-electron chi connectivity index (χ1n) is 7.55. The number of ether oxygens (including phenoxy) is 1. The maximum absolute atomic E-state index is 12.3. The standard InChI is InChI=1S/C14H23ClN4O5S/c1-8(2)6-10(14(21)24-5)17-11(20)7-16-25(22,23)12-9(3)18-19(4)13(12)15/h8,10,16H,6-7H2,1-5H3,(H,17,20)/t10-/m0/s1. The van der Waals surface area contributed by atoms with Gasteiger partial charge in [0.15, 0.2) is 0 Å². The Bertz CT molecular complexity index is 745. The van der Waals surface area contributed by atoms with Gasteiger partial charge in [0.05, 0.1) is 19.3 Å². The van der Waals surface area contributed by atoms with E-state index in [0.717, 1.165) is 0 Å². The fourth-order valence-corrected chi connectivity index (χ4v) is 3.95. The Morgan fingerprint density at radius 2 is 1.96 bits per heavy atom. The number of sulfonamides is 1. The summed E-state index contributed by atoms with van der Waals surface area (Å²) in [6, 6.07) is -0.842. The zero-order chi connectivity index (χ0) is 19.4. The molecule has 0 saturated heterocycles. The van der Waals surface area contributed by atoms with Crippen LogP contribution in [0.1, 0.15) is 26.0 Å². The van der Waals surface area contributed by atoms with E-state index in [1.807, 2.05) is 13.8 Å². The Morgan fingerprint density at radius 1 is 1.36 bits per heavy atom. The summed E-state index contributed by atoms with van der Waals surface area (Å²) in [5.74, 6) is -1.11. The number of esters is 1. The van der Waals surface area contributed by atoms with Crippen LogP contribution in [0.2, 0.25) is 5.15 Å². The lowest BCUT2D eigenvalue weighted by Crippen LogP contribution is -2.46. The second-order valence-electron chi connectivity index (χ2n) is 5.93. The minimum Gasteiger partial charge on any atom is -0.467 e. The number of carbonyl (C=O) groups is 2. The van der Waals surface area contributed by atoms with Crippen molar-refractivity contribution in [3.63, 3.8) is 0 Å². The molecule has 2 N–H and O–H groups in total. The molecule has 9 nitrogen and oxygen atoms in total. The fraction of sp³-hybridized carbons (Fsp3) is 0.643. The summed E-state index contributed by atoms with van der Waals surface area (Å²) in [6.45, 7) is 4.73. The minimum absolute atomic E-state index is 0.0577. The van der Waals surface area contributed by atoms with Crippen LogP contribution in [0.3, 0.4) is 0 Å². The summed E-state index contributed by atoms with van der Waals surface area (Å²) in [6.07, 6.45) is 0.374. The van der Waals surface area contributed by atoms with E-state index in [2.05, 4.69) is 19.9 Å². The van der Waals surface area contributed by atoms with Crippen molar-refractivity contribution in [1.29, 1.82) is 0 Å². The van der Waals surface area contributed by atoms with Crippen LogP contribution in [0.4, 0.5) is 0 Å². The van der Waals surface area contributed by atoms with Gasteiger partial charge in [0.1, 0.15) is 16.1 Å². The molecule has 1 heterocycles. The van der Waals surface area contributed by atoms with Crippen LogP contribution < -0.4 is 10.0 Å². The van der Waals surface area contributed by atoms with Gasteiger partial charge in [-0.15, -0.1) is 0 Å². The van der Waals surface area contributed by atoms with Crippen LogP contribution in [-0.4, -0.2) is 49.8 Å². The molecule has 0 unspecified atom stereocenters. The smallest absolute Gasteiger partial charge is 0.328 e. The largest absolute Gasteiger partial charge is 0.467 e. The molecule has 0 spiro atoms. The molecule has 0 radical (unpaired) electrons. The van der Waals surface area contributed by atoms with Gasteiger partial charge in [0, 0.05) is 7.05 Å². The molecule has 1 amide bonds. The van der Waals surface area contributed by atoms with E-state index in [0.29, 0.717) is 6.42 Å². The molecular weight excluding hydrogens is 372 g/mol. The molecule has 0 aliphatic rings. The third kappa shape index (κ3) is 5.68. The van der Waals surface area contributed by atoms with Gasteiger partial charge in [-0.2, -0.15) is 5.10 Å². The van der Waals surface area contributed by atoms with E-state index in [1.54, 1.807) is 0 Å². The second kappa shape index (κ2) is 8.63. The average molecular weight is 395 g/mol. The number of aromatic nitrogens is 2. The number of amides is 1. The van der Waals surface area contributed by atoms with Gasteiger partial charge in [-0.25, -0.2) is 17.9 Å². The van der Waals surface area contributed by atoms with Crippen molar-refractivity contribution in [2.24, 2.45) is 13.0 Å². The third-order valence-corrected chi connectivity index (χ3v) is 5.42. The van der Waals surface area contributed by atoms with Gasteiger partial charge in [0.25, 0.3) is 0 Å². The maximum Gasteiger partial charge on any atom is 0.328 e. The van der Waals surface area contributed by atoms with Gasteiger partial charge >= 0.3 is 5.97 Å². The molecule has 0 saturated carbocycles. The first-order valence-corrected chi connectivity index (χ1v) is 9.41. The number of halogens is 1. The normalized spacial score (nSPS) is 12.9. The topological polar surface area (TPSA) is 119 Å². The van der Waals surface area contributed by atoms with Crippen molar-refractivity contribution in [1.82, 2.24) is 19.8 Å². The van der Waals surface area contributed by atoms with Crippen molar-refractivity contribution < 1.29 is 22.7 Å². The summed E-state index contributed by atoms with van der Waals surface area (Å²) in [5.41, 5.74) is 0.215. The molecular formula is C14H23ClN4O5S. The van der Waals surface area contributed by atoms with Gasteiger partial charge in [-0.3, -0.25) is 9.48 Å². The van der Waals surface area contributed by atoms with Crippen molar-refractivity contribution in [3.05, 3.63) is 10.8 Å². The van der Waals surface area contributed by atoms with Crippen LogP contribution in [0, 0.1) is 12.8 Å². The van der Waals surface area contributed by atoms with Crippen LogP contribution in [0.25, 0.3) is 0 Å². The van der Waals surface area contributed by atoms with Crippen molar-refractivity contribution in [2.45, 2.75) is 38.1 Å². The average Bonchev–Trinajstić information content (AvgIpc) is 2.76. The molecule has 0 fully saturated rings. The highest BCUT2D eigenvalue weighted by Crippen LogP contribution is 2.23. The minimum atomic E-state index is -4.02. The zero-order valence-corrected chi connectivity index (χ0v) is 16.4. The van der Waals surface area contributed by atoms with Crippen LogP contribution in [0.5, 0.6) is 0 Å². The summed E-state index contributed by atoms with van der Waals surface area (Å²) >= 11 is 5.94. The Kier molecular flexibility index (Phi) is 7.39.